The van der Waals surface area contributed by atoms with E-state index in [-0.39, 0.29) is 0 Å². The second-order valence-corrected chi connectivity index (χ2v) is 35.6. The number of rotatable bonds is 18. The van der Waals surface area contributed by atoms with Gasteiger partial charge < -0.3 is 21.1 Å². The third kappa shape index (κ3) is 33.6. The SMILES string of the molecule is CC(C)C1=C(C(C)C)CC(=O)CC1.CC(C)C1=CC(=O)CCC1C(C)C.CC(C)c1cn[nH]c1C(C)C.CC(C)c1cnc(N)nc1C(C)C.CC(C)c1nc(N)sc1C(C)C.CO/N=C1/CCC(C(C)C)=C(C(C)C)C1.CO/N=C1\C=C(C(C)C)C(C(C)C)CC1.Cc1ccc(C(C)C)c(C(C)C)c1. The molecular weight excluding hydrogens is 1320 g/mol. The Hall–Kier alpha value is -6.02. The molecule has 2 unspecified atom stereocenters. The smallest absolute Gasteiger partial charge is 0.220 e. The number of hydrogen-bond donors (Lipinski definition) is 3. The number of nitrogens with one attached hydrogen (secondary N) is 1. The number of carbonyl (C=O) groups is 2. The fourth-order valence-corrected chi connectivity index (χ4v) is 15.3. The molecule has 4 aromatic rings. The van der Waals surface area contributed by atoms with Crippen molar-refractivity contribution in [1.29, 1.82) is 0 Å². The van der Waals surface area contributed by atoms with Crippen LogP contribution in [0.15, 0.2) is 86.5 Å². The molecule has 4 aliphatic carbocycles. The monoisotopic (exact) mass is 1470 g/mol. The van der Waals surface area contributed by atoms with E-state index in [0.29, 0.717) is 124 Å². The van der Waals surface area contributed by atoms with Gasteiger partial charge in [-0.05, 0) is 186 Å². The molecule has 2 atom stereocenters. The van der Waals surface area contributed by atoms with Crippen LogP contribution < -0.4 is 11.5 Å². The second-order valence-electron chi connectivity index (χ2n) is 34.5. The first kappa shape index (κ1) is 97.0. The molecule has 3 heterocycles. The molecule has 4 aliphatic rings. The topological polar surface area (TPSA) is 197 Å². The minimum atomic E-state index is 0.320. The van der Waals surface area contributed by atoms with Gasteiger partial charge in [-0.15, -0.1) is 11.3 Å². The summed E-state index contributed by atoms with van der Waals surface area (Å²) in [6.45, 7) is 73.1. The van der Waals surface area contributed by atoms with Crippen LogP contribution in [0.5, 0.6) is 0 Å². The first-order chi connectivity index (χ1) is 48.8. The van der Waals surface area contributed by atoms with Gasteiger partial charge in [0.05, 0.1) is 29.0 Å². The van der Waals surface area contributed by atoms with Crippen LogP contribution >= 0.6 is 11.3 Å². The van der Waals surface area contributed by atoms with Crippen molar-refractivity contribution in [3.63, 3.8) is 0 Å². The molecule has 0 saturated carbocycles. The number of nitrogens with two attached hydrogens (primary N) is 2. The maximum absolute atomic E-state index is 11.3. The van der Waals surface area contributed by atoms with Crippen molar-refractivity contribution < 1.29 is 19.3 Å². The number of anilines is 2. The highest BCUT2D eigenvalue weighted by molar-refractivity contribution is 7.15. The normalized spacial score (nSPS) is 17.1. The average Bonchev–Trinajstić information content (AvgIpc) is 1.50. The van der Waals surface area contributed by atoms with Crippen LogP contribution in [-0.2, 0) is 19.3 Å². The zero-order valence-corrected chi connectivity index (χ0v) is 74.2. The Morgan fingerprint density at radius 2 is 0.933 bits per heavy atom. The molecule has 0 spiro atoms. The fraction of sp³-hybridized carbons (Fsp3) is 0.692. The van der Waals surface area contributed by atoms with E-state index in [2.05, 4.69) is 288 Å². The molecular formula is C91H155N9O4S. The largest absolute Gasteiger partial charge is 0.399 e. The molecule has 0 saturated heterocycles. The zero-order chi connectivity index (χ0) is 80.6. The summed E-state index contributed by atoms with van der Waals surface area (Å²) in [4.78, 5) is 46.2. The number of thiazole rings is 1. The van der Waals surface area contributed by atoms with Gasteiger partial charge in [0.1, 0.15) is 20.0 Å². The van der Waals surface area contributed by atoms with Crippen LogP contribution in [0.25, 0.3) is 0 Å². The van der Waals surface area contributed by atoms with Crippen LogP contribution in [0.2, 0.25) is 0 Å². The molecule has 14 heteroatoms. The predicted octanol–water partition coefficient (Wildman–Crippen LogP) is 26.1. The maximum atomic E-state index is 11.3. The van der Waals surface area contributed by atoms with Gasteiger partial charge in [-0.3, -0.25) is 14.7 Å². The summed E-state index contributed by atoms with van der Waals surface area (Å²) in [6, 6.07) is 6.80. The van der Waals surface area contributed by atoms with E-state index in [0.717, 1.165) is 74.6 Å². The molecule has 0 radical (unpaired) electrons. The van der Waals surface area contributed by atoms with Crippen molar-refractivity contribution in [2.24, 2.45) is 69.5 Å². The summed E-state index contributed by atoms with van der Waals surface area (Å²) in [5.41, 5.74) is 33.0. The number of nitrogen functional groups attached to an aromatic ring is 2. The quantitative estimate of drug-likeness (QED) is 0.0637. The van der Waals surface area contributed by atoms with Crippen molar-refractivity contribution in [2.45, 2.75) is 340 Å². The van der Waals surface area contributed by atoms with Crippen LogP contribution in [0.1, 0.15) is 383 Å². The number of benzene rings is 1. The number of ketones is 2. The maximum Gasteiger partial charge on any atom is 0.220 e. The van der Waals surface area contributed by atoms with Crippen molar-refractivity contribution in [2.75, 3.05) is 25.7 Å². The Morgan fingerprint density at radius 1 is 0.457 bits per heavy atom. The molecule has 13 nitrogen and oxygen atoms in total. The number of aryl methyl sites for hydroxylation is 1. The highest BCUT2D eigenvalue weighted by atomic mass is 32.1. The summed E-state index contributed by atoms with van der Waals surface area (Å²) < 4.78 is 0. The van der Waals surface area contributed by atoms with Gasteiger partial charge in [-0.1, -0.05) is 289 Å². The Bertz CT molecular complexity index is 3300. The molecule has 0 fully saturated rings. The lowest BCUT2D eigenvalue weighted by Crippen LogP contribution is -2.22. The Labute approximate surface area is 647 Å². The number of Topliss-reactive ketones (excluding diaryl/α,β-unsaturated/α-hetero) is 1. The number of hydrogen-bond acceptors (Lipinski definition) is 13. The van der Waals surface area contributed by atoms with Gasteiger partial charge in [0.2, 0.25) is 5.95 Å². The van der Waals surface area contributed by atoms with E-state index in [1.54, 1.807) is 36.7 Å². The lowest BCUT2D eigenvalue weighted by Gasteiger charge is -2.30. The molecule has 3 aromatic heterocycles. The van der Waals surface area contributed by atoms with Crippen LogP contribution in [0.3, 0.4) is 0 Å². The first-order valence-corrected chi connectivity index (χ1v) is 41.3. The number of H-pyrrole nitrogens is 1. The molecule has 8 rings (SSSR count). The zero-order valence-electron chi connectivity index (χ0n) is 73.4. The van der Waals surface area contributed by atoms with E-state index >= 15 is 0 Å². The van der Waals surface area contributed by atoms with Crippen LogP contribution in [0.4, 0.5) is 11.1 Å². The highest BCUT2D eigenvalue weighted by Crippen LogP contribution is 2.38. The van der Waals surface area contributed by atoms with E-state index < -0.39 is 0 Å². The number of aromatic nitrogens is 5. The number of carbonyl (C=O) groups excluding carboxylic acids is 2. The standard InChI is InChI=1S/2C13H23NO.C13H20.2C12H20O.C10H17N3.C9H16N2S.C9H16N2/c2*1-9(2)12-7-6-11(14-15-5)8-13(12)10(3)4;1-9(2)12-7-6-11(5)8-13(12)10(3)4;2*1-8(2)11-6-5-10(13)7-12(11)9(3)4;1-6(2)8-5-12-10(11)13-9(8)7(3)4;1-5(2)7-8(6(3)4)12-9(10)11-7;1-6(2)8-5-10-11-9(8)7(3)4/h9-10H,6-8H2,1-5H3;8-10,12H,6-7H2,1-5H3;6-10H,1-5H3;8-9H,5-7H2,1-4H3;7-9,11H,5-6H2,1-4H3;5-7H,1-4H3,(H2,11,12,13);5-6H,1-4H3,(H2,10,11);5-7H,1-4H3,(H,10,11)/b2*14-11-;;;;;;. The lowest BCUT2D eigenvalue weighted by atomic mass is 9.75. The second kappa shape index (κ2) is 48.4. The number of allylic oxidation sites excluding steroid dienone is 8. The fourth-order valence-electron chi connectivity index (χ4n) is 14.3. The summed E-state index contributed by atoms with van der Waals surface area (Å²) in [5, 5.41) is 15.9. The van der Waals surface area contributed by atoms with Crippen molar-refractivity contribution in [3.8, 4) is 0 Å². The summed E-state index contributed by atoms with van der Waals surface area (Å²) in [6.07, 6.45) is 17.7. The Kier molecular flexibility index (Phi) is 44.7. The minimum absolute atomic E-state index is 0.320. The van der Waals surface area contributed by atoms with Crippen molar-refractivity contribution in [1.82, 2.24) is 25.1 Å². The molecule has 0 aliphatic heterocycles. The number of nitrogens with zero attached hydrogens (tertiary/aromatic N) is 6. The van der Waals surface area contributed by atoms with Gasteiger partial charge in [0.25, 0.3) is 0 Å². The number of aromatic amines is 1. The molecule has 5 N–H and O–H groups in total. The van der Waals surface area contributed by atoms with Crippen molar-refractivity contribution in [3.05, 3.63) is 126 Å². The molecule has 594 valence electrons. The highest BCUT2D eigenvalue weighted by Gasteiger charge is 2.28. The van der Waals surface area contributed by atoms with Gasteiger partial charge in [-0.25, -0.2) is 15.0 Å². The third-order valence-electron chi connectivity index (χ3n) is 20.2. The minimum Gasteiger partial charge on any atom is -0.399 e. The van der Waals surface area contributed by atoms with Gasteiger partial charge in [-0.2, -0.15) is 5.10 Å². The van der Waals surface area contributed by atoms with E-state index in [1.165, 1.54) is 78.5 Å². The van der Waals surface area contributed by atoms with Crippen molar-refractivity contribution >= 4 is 45.4 Å². The van der Waals surface area contributed by atoms with E-state index in [4.69, 9.17) is 21.1 Å². The van der Waals surface area contributed by atoms with E-state index in [1.807, 2.05) is 18.5 Å². The van der Waals surface area contributed by atoms with Crippen LogP contribution in [-0.4, -0.2) is 62.4 Å². The van der Waals surface area contributed by atoms with Crippen LogP contribution in [0, 0.1) is 66.1 Å². The molecule has 105 heavy (non-hydrogen) atoms. The summed E-state index contributed by atoms with van der Waals surface area (Å²) in [7, 11) is 3.24. The van der Waals surface area contributed by atoms with Gasteiger partial charge >= 0.3 is 0 Å². The molecule has 0 bridgehead atoms. The third-order valence-corrected chi connectivity index (χ3v) is 21.4. The lowest BCUT2D eigenvalue weighted by molar-refractivity contribution is -0.119. The first-order valence-electron chi connectivity index (χ1n) is 40.5. The Balaban J connectivity index is 0.000000601. The molecule has 0 amide bonds. The predicted molar refractivity (Wildman–Crippen MR) is 456 cm³/mol. The van der Waals surface area contributed by atoms with Gasteiger partial charge in [0, 0.05) is 42.5 Å². The van der Waals surface area contributed by atoms with E-state index in [9.17, 15) is 9.59 Å². The molecule has 1 aromatic carbocycles. The summed E-state index contributed by atoms with van der Waals surface area (Å²) >= 11 is 1.62. The van der Waals surface area contributed by atoms with Gasteiger partial charge in [0.15, 0.2) is 10.9 Å². The Morgan fingerprint density at radius 3 is 1.35 bits per heavy atom. The number of oxime groups is 2. The average molecular weight is 1470 g/mol. The summed E-state index contributed by atoms with van der Waals surface area (Å²) in [5.74, 6) is 11.7.